The Morgan fingerprint density at radius 2 is 1.10 bits per heavy atom. The zero-order chi connectivity index (χ0) is 35.2. The number of carbonyl (C=O) groups excluding carboxylic acids is 1. The van der Waals surface area contributed by atoms with Crippen LogP contribution in [0.4, 0.5) is 0 Å². The Morgan fingerprint density at radius 3 is 1.65 bits per heavy atom. The van der Waals surface area contributed by atoms with Crippen molar-refractivity contribution in [1.82, 2.24) is 0 Å². The lowest BCUT2D eigenvalue weighted by Crippen LogP contribution is -2.28. The van der Waals surface area contributed by atoms with Gasteiger partial charge in [0.2, 0.25) is 0 Å². The van der Waals surface area contributed by atoms with Crippen LogP contribution in [0.2, 0.25) is 0 Å². The van der Waals surface area contributed by atoms with E-state index >= 15 is 0 Å². The minimum Gasteiger partial charge on any atom is -0.457 e. The molecule has 0 aliphatic rings. The Kier molecular flexibility index (Phi) is 36.4. The van der Waals surface area contributed by atoms with Crippen LogP contribution in [0.5, 0.6) is 0 Å². The molecule has 0 saturated heterocycles. The van der Waals surface area contributed by atoms with Crippen LogP contribution in [0.25, 0.3) is 0 Å². The second-order valence-electron chi connectivity index (χ2n) is 13.1. The largest absolute Gasteiger partial charge is 0.472 e. The van der Waals surface area contributed by atoms with Gasteiger partial charge in [-0.15, -0.1) is 0 Å². The van der Waals surface area contributed by atoms with E-state index in [0.717, 1.165) is 38.5 Å². The fraction of sp³-hybridized carbons (Fsp3) is 0.872. The van der Waals surface area contributed by atoms with Gasteiger partial charge in [0, 0.05) is 19.6 Å². The molecule has 0 heterocycles. The molecule has 0 aliphatic carbocycles. The molecule has 284 valence electrons. The van der Waals surface area contributed by atoms with Crippen molar-refractivity contribution < 1.29 is 32.8 Å². The molecule has 2 unspecified atom stereocenters. The number of rotatable bonds is 38. The highest BCUT2D eigenvalue weighted by molar-refractivity contribution is 7.47. The summed E-state index contributed by atoms with van der Waals surface area (Å²) < 4.78 is 33.3. The van der Waals surface area contributed by atoms with Crippen molar-refractivity contribution in [2.75, 3.05) is 33.0 Å². The summed E-state index contributed by atoms with van der Waals surface area (Å²) in [5, 5.41) is 0. The van der Waals surface area contributed by atoms with E-state index in [1.165, 1.54) is 122 Å². The molecule has 9 heteroatoms. The Hall–Kier alpha value is -1.02. The van der Waals surface area contributed by atoms with E-state index in [9.17, 15) is 14.3 Å². The maximum atomic E-state index is 12.5. The minimum absolute atomic E-state index is 0.0950. The SMILES string of the molecule is CCCCCC/C=C\C/C=C\CCCCCCCCCCOCC(COP(=O)(O)OCCN)OC(=O)CCCCCCCCCCCC. The molecule has 0 spiro atoms. The highest BCUT2D eigenvalue weighted by Crippen LogP contribution is 2.43. The maximum absolute atomic E-state index is 12.5. The Bertz CT molecular complexity index is 792. The normalized spacial score (nSPS) is 13.8. The van der Waals surface area contributed by atoms with E-state index < -0.39 is 13.9 Å². The first-order chi connectivity index (χ1) is 23.4. The monoisotopic (exact) mass is 702 g/mol. The minimum atomic E-state index is -4.27. The summed E-state index contributed by atoms with van der Waals surface area (Å²) in [5.74, 6) is -0.334. The topological polar surface area (TPSA) is 117 Å². The van der Waals surface area contributed by atoms with Gasteiger partial charge in [-0.3, -0.25) is 13.8 Å². The zero-order valence-corrected chi connectivity index (χ0v) is 32.1. The summed E-state index contributed by atoms with van der Waals surface area (Å²) in [4.78, 5) is 22.3. The summed E-state index contributed by atoms with van der Waals surface area (Å²) in [6.45, 7) is 4.89. The molecule has 2 atom stereocenters. The molecule has 0 amide bonds. The van der Waals surface area contributed by atoms with Gasteiger partial charge in [0.05, 0.1) is 19.8 Å². The maximum Gasteiger partial charge on any atom is 0.472 e. The van der Waals surface area contributed by atoms with Crippen LogP contribution in [0.3, 0.4) is 0 Å². The second-order valence-corrected chi connectivity index (χ2v) is 14.6. The van der Waals surface area contributed by atoms with E-state index in [4.69, 9.17) is 24.3 Å². The fourth-order valence-electron chi connectivity index (χ4n) is 5.44. The average molecular weight is 702 g/mol. The van der Waals surface area contributed by atoms with E-state index in [1.807, 2.05) is 0 Å². The number of phosphoric acid groups is 1. The van der Waals surface area contributed by atoms with Gasteiger partial charge in [0.15, 0.2) is 0 Å². The third kappa shape index (κ3) is 36.3. The van der Waals surface area contributed by atoms with Crippen molar-refractivity contribution in [3.63, 3.8) is 0 Å². The van der Waals surface area contributed by atoms with Gasteiger partial charge in [-0.05, 0) is 44.9 Å². The number of ether oxygens (including phenoxy) is 2. The molecule has 0 aromatic rings. The summed E-state index contributed by atoms with van der Waals surface area (Å²) >= 11 is 0. The predicted molar refractivity (Wildman–Crippen MR) is 201 cm³/mol. The van der Waals surface area contributed by atoms with Gasteiger partial charge >= 0.3 is 13.8 Å². The van der Waals surface area contributed by atoms with Crippen molar-refractivity contribution in [1.29, 1.82) is 0 Å². The summed E-state index contributed by atoms with van der Waals surface area (Å²) in [5.41, 5.74) is 5.35. The van der Waals surface area contributed by atoms with Crippen LogP contribution >= 0.6 is 7.82 Å². The Balaban J connectivity index is 4.01. The zero-order valence-electron chi connectivity index (χ0n) is 31.2. The molecule has 0 fully saturated rings. The smallest absolute Gasteiger partial charge is 0.457 e. The molecule has 0 aromatic carbocycles. The molecule has 0 aromatic heterocycles. The van der Waals surface area contributed by atoms with Crippen molar-refractivity contribution in [3.05, 3.63) is 24.3 Å². The van der Waals surface area contributed by atoms with Crippen LogP contribution in [-0.4, -0.2) is 49.9 Å². The van der Waals surface area contributed by atoms with Gasteiger partial charge in [-0.2, -0.15) is 0 Å². The highest BCUT2D eigenvalue weighted by atomic mass is 31.2. The van der Waals surface area contributed by atoms with Crippen LogP contribution in [0, 0.1) is 0 Å². The fourth-order valence-corrected chi connectivity index (χ4v) is 6.20. The van der Waals surface area contributed by atoms with Gasteiger partial charge in [-0.25, -0.2) is 4.57 Å². The van der Waals surface area contributed by atoms with Gasteiger partial charge in [-0.1, -0.05) is 154 Å². The van der Waals surface area contributed by atoms with Crippen LogP contribution in [0.15, 0.2) is 24.3 Å². The molecule has 0 rings (SSSR count). The Morgan fingerprint density at radius 1 is 0.625 bits per heavy atom. The molecule has 3 N–H and O–H groups in total. The highest BCUT2D eigenvalue weighted by Gasteiger charge is 2.25. The molecular weight excluding hydrogens is 625 g/mol. The van der Waals surface area contributed by atoms with Crippen LogP contribution in [-0.2, 0) is 27.9 Å². The van der Waals surface area contributed by atoms with E-state index in [0.29, 0.717) is 13.0 Å². The van der Waals surface area contributed by atoms with Crippen LogP contribution < -0.4 is 5.73 Å². The summed E-state index contributed by atoms with van der Waals surface area (Å²) in [6.07, 6.45) is 39.1. The third-order valence-corrected chi connectivity index (χ3v) is 9.36. The van der Waals surface area contributed by atoms with E-state index in [-0.39, 0.29) is 32.3 Å². The first kappa shape index (κ1) is 47.0. The number of unbranched alkanes of at least 4 members (excludes halogenated alkanes) is 21. The predicted octanol–water partition coefficient (Wildman–Crippen LogP) is 11.3. The van der Waals surface area contributed by atoms with Gasteiger partial charge in [0.1, 0.15) is 6.10 Å². The average Bonchev–Trinajstić information content (AvgIpc) is 3.07. The summed E-state index contributed by atoms with van der Waals surface area (Å²) in [6, 6.07) is 0. The quantitative estimate of drug-likeness (QED) is 0.0283. The standard InChI is InChI=1S/C39H76NO7P/c1-3-5-7-9-11-13-15-16-17-18-19-20-21-22-23-25-27-29-31-34-44-36-38(37-46-48(42,43)45-35-33-40)47-39(41)32-30-28-26-24-14-12-10-8-6-4-2/h13,15,17-18,38H,3-12,14,16,19-37,40H2,1-2H3,(H,42,43)/b15-13-,18-17-. The number of carbonyl (C=O) groups is 1. The van der Waals surface area contributed by atoms with Crippen molar-refractivity contribution in [2.24, 2.45) is 5.73 Å². The lowest BCUT2D eigenvalue weighted by molar-refractivity contribution is -0.154. The first-order valence-electron chi connectivity index (χ1n) is 19.8. The summed E-state index contributed by atoms with van der Waals surface area (Å²) in [7, 11) is -4.27. The first-order valence-corrected chi connectivity index (χ1v) is 21.3. The molecule has 48 heavy (non-hydrogen) atoms. The van der Waals surface area contributed by atoms with E-state index in [2.05, 4.69) is 38.2 Å². The number of allylic oxidation sites excluding steroid dienone is 4. The van der Waals surface area contributed by atoms with Gasteiger partial charge in [0.25, 0.3) is 0 Å². The van der Waals surface area contributed by atoms with Crippen molar-refractivity contribution in [2.45, 2.75) is 187 Å². The molecule has 0 saturated carbocycles. The third-order valence-electron chi connectivity index (χ3n) is 8.37. The van der Waals surface area contributed by atoms with E-state index in [1.54, 1.807) is 0 Å². The molecule has 0 aliphatic heterocycles. The van der Waals surface area contributed by atoms with Gasteiger partial charge < -0.3 is 20.1 Å². The number of hydrogen-bond acceptors (Lipinski definition) is 7. The second kappa shape index (κ2) is 37.2. The molecule has 0 bridgehead atoms. The Labute approximate surface area is 296 Å². The molecule has 8 nitrogen and oxygen atoms in total. The lowest BCUT2D eigenvalue weighted by atomic mass is 10.1. The van der Waals surface area contributed by atoms with Crippen LogP contribution in [0.1, 0.15) is 181 Å². The lowest BCUT2D eigenvalue weighted by Gasteiger charge is -2.20. The number of hydrogen-bond donors (Lipinski definition) is 2. The molecule has 0 radical (unpaired) electrons. The molecular formula is C39H76NO7P. The van der Waals surface area contributed by atoms with Crippen molar-refractivity contribution >= 4 is 13.8 Å². The number of esters is 1. The number of nitrogens with two attached hydrogens (primary N) is 1. The van der Waals surface area contributed by atoms with Crippen molar-refractivity contribution in [3.8, 4) is 0 Å². The number of phosphoric ester groups is 1.